The molecule has 0 spiro atoms. The first-order valence-corrected chi connectivity index (χ1v) is 6.53. The van der Waals surface area contributed by atoms with Gasteiger partial charge in [0.2, 0.25) is 6.10 Å². The molecule has 0 unspecified atom stereocenters. The topological polar surface area (TPSA) is 102 Å². The number of esters is 1. The van der Waals surface area contributed by atoms with Gasteiger partial charge >= 0.3 is 5.97 Å². The van der Waals surface area contributed by atoms with Crippen LogP contribution in [0.1, 0.15) is 12.5 Å². The number of rotatable bonds is 6. The molecule has 7 nitrogen and oxygen atoms in total. The summed E-state index contributed by atoms with van der Waals surface area (Å²) in [5.41, 5.74) is 0.973. The number of amides is 1. The largest absolute Gasteiger partial charge is 0.449 e. The second-order valence-electron chi connectivity index (χ2n) is 4.82. The average Bonchev–Trinajstić information content (AvgIpc) is 2.49. The number of aldehydes is 1. The van der Waals surface area contributed by atoms with Crippen LogP contribution in [0.3, 0.4) is 0 Å². The Balaban J connectivity index is 1.99. The Kier molecular flexibility index (Phi) is 4.66. The van der Waals surface area contributed by atoms with E-state index in [1.807, 2.05) is 30.3 Å². The summed E-state index contributed by atoms with van der Waals surface area (Å²) in [6.45, 7) is 1.21. The quantitative estimate of drug-likeness (QED) is 0.238. The predicted molar refractivity (Wildman–Crippen MR) is 73.5 cm³/mol. The molecular formula is C14H17N3O4. The summed E-state index contributed by atoms with van der Waals surface area (Å²) in [6.07, 6.45) is -0.476. The van der Waals surface area contributed by atoms with E-state index in [0.717, 1.165) is 16.9 Å². The molecule has 3 atom stereocenters. The molecule has 21 heavy (non-hydrogen) atoms. The van der Waals surface area contributed by atoms with Crippen molar-refractivity contribution in [1.29, 1.82) is 0 Å². The highest BCUT2D eigenvalue weighted by molar-refractivity contribution is 5.89. The Labute approximate surface area is 122 Å². The highest BCUT2D eigenvalue weighted by Crippen LogP contribution is 2.18. The van der Waals surface area contributed by atoms with E-state index in [2.05, 4.69) is 5.32 Å². The second-order valence-corrected chi connectivity index (χ2v) is 4.82. The van der Waals surface area contributed by atoms with Crippen molar-refractivity contribution >= 4 is 18.2 Å². The summed E-state index contributed by atoms with van der Waals surface area (Å²) < 4.78 is 4.89. The summed E-state index contributed by atoms with van der Waals surface area (Å²) in [5, 5.41) is 3.85. The van der Waals surface area contributed by atoms with Gasteiger partial charge in [-0.2, -0.15) is 0 Å². The van der Waals surface area contributed by atoms with Gasteiger partial charge in [-0.3, -0.25) is 19.9 Å². The molecule has 1 aliphatic heterocycles. The van der Waals surface area contributed by atoms with E-state index in [4.69, 9.17) is 10.6 Å². The summed E-state index contributed by atoms with van der Waals surface area (Å²) in [6, 6.07) is 8.90. The fraction of sp³-hybridized carbons (Fsp3) is 0.357. The molecule has 1 aromatic rings. The van der Waals surface area contributed by atoms with Crippen LogP contribution in [0.4, 0.5) is 0 Å². The number of carbonyl (C=O) groups excluding carboxylic acids is 3. The van der Waals surface area contributed by atoms with Gasteiger partial charge < -0.3 is 9.53 Å². The third kappa shape index (κ3) is 3.45. The molecule has 2 rings (SSSR count). The number of nitrogens with one attached hydrogen (secondary N) is 1. The van der Waals surface area contributed by atoms with E-state index in [1.54, 1.807) is 0 Å². The smallest absolute Gasteiger partial charge is 0.303 e. The van der Waals surface area contributed by atoms with E-state index in [-0.39, 0.29) is 0 Å². The molecule has 1 amide bonds. The van der Waals surface area contributed by atoms with Gasteiger partial charge in [-0.25, -0.2) is 5.84 Å². The fourth-order valence-electron chi connectivity index (χ4n) is 2.18. The number of hydrogen-bond donors (Lipinski definition) is 2. The van der Waals surface area contributed by atoms with E-state index in [0.29, 0.717) is 6.42 Å². The number of benzene rings is 1. The lowest BCUT2D eigenvalue weighted by atomic mass is 10.0. The second kappa shape index (κ2) is 6.47. The first-order valence-electron chi connectivity index (χ1n) is 6.53. The highest BCUT2D eigenvalue weighted by atomic mass is 16.6. The van der Waals surface area contributed by atoms with Crippen molar-refractivity contribution in [2.75, 3.05) is 0 Å². The Morgan fingerprint density at radius 3 is 2.71 bits per heavy atom. The summed E-state index contributed by atoms with van der Waals surface area (Å²) in [4.78, 5) is 33.7. The number of nitrogens with zero attached hydrogens (tertiary/aromatic N) is 1. The van der Waals surface area contributed by atoms with Crippen LogP contribution in [0.15, 0.2) is 30.3 Å². The molecule has 7 heteroatoms. The minimum atomic E-state index is -0.981. The van der Waals surface area contributed by atoms with Crippen molar-refractivity contribution in [3.8, 4) is 0 Å². The molecule has 1 aromatic carbocycles. The molecule has 0 radical (unpaired) electrons. The molecule has 0 aliphatic carbocycles. The van der Waals surface area contributed by atoms with Gasteiger partial charge in [0.05, 0.1) is 6.04 Å². The van der Waals surface area contributed by atoms with Crippen LogP contribution in [0.5, 0.6) is 0 Å². The average molecular weight is 291 g/mol. The van der Waals surface area contributed by atoms with Crippen LogP contribution in [0.2, 0.25) is 0 Å². The molecule has 1 saturated heterocycles. The van der Waals surface area contributed by atoms with E-state index in [1.165, 1.54) is 6.92 Å². The minimum absolute atomic E-state index is 0.454. The molecule has 3 N–H and O–H groups in total. The molecule has 1 fully saturated rings. The van der Waals surface area contributed by atoms with Crippen LogP contribution < -0.4 is 11.2 Å². The van der Waals surface area contributed by atoms with Crippen LogP contribution in [-0.2, 0) is 25.5 Å². The van der Waals surface area contributed by atoms with Gasteiger partial charge in [0, 0.05) is 6.92 Å². The molecule has 112 valence electrons. The van der Waals surface area contributed by atoms with Gasteiger partial charge in [-0.15, -0.1) is 0 Å². The van der Waals surface area contributed by atoms with Crippen LogP contribution in [-0.4, -0.2) is 41.5 Å². The number of β-lactam (4-membered cyclic amide) rings is 1. The zero-order valence-electron chi connectivity index (χ0n) is 11.6. The van der Waals surface area contributed by atoms with Crippen molar-refractivity contribution < 1.29 is 19.1 Å². The third-order valence-corrected chi connectivity index (χ3v) is 3.22. The summed E-state index contributed by atoms with van der Waals surface area (Å²) >= 11 is 0. The fourth-order valence-corrected chi connectivity index (χ4v) is 2.18. The van der Waals surface area contributed by atoms with Crippen molar-refractivity contribution in [3.63, 3.8) is 0 Å². The molecular weight excluding hydrogens is 274 g/mol. The van der Waals surface area contributed by atoms with Crippen LogP contribution in [0, 0.1) is 0 Å². The zero-order valence-corrected chi connectivity index (χ0v) is 11.6. The lowest BCUT2D eigenvalue weighted by Gasteiger charge is -2.43. The summed E-state index contributed by atoms with van der Waals surface area (Å²) in [7, 11) is 0. The van der Waals surface area contributed by atoms with Crippen LogP contribution in [0.25, 0.3) is 0 Å². The van der Waals surface area contributed by atoms with Gasteiger partial charge in [0.15, 0.2) is 0 Å². The van der Waals surface area contributed by atoms with Crippen molar-refractivity contribution in [3.05, 3.63) is 35.9 Å². The number of hydrazine groups is 1. The van der Waals surface area contributed by atoms with Crippen molar-refractivity contribution in [1.82, 2.24) is 10.3 Å². The maximum atomic E-state index is 11.5. The Bertz CT molecular complexity index is 534. The lowest BCUT2D eigenvalue weighted by molar-refractivity contribution is -0.185. The van der Waals surface area contributed by atoms with Crippen molar-refractivity contribution in [2.24, 2.45) is 5.84 Å². The monoisotopic (exact) mass is 291 g/mol. The molecule has 1 heterocycles. The van der Waals surface area contributed by atoms with Crippen LogP contribution >= 0.6 is 0 Å². The van der Waals surface area contributed by atoms with Gasteiger partial charge in [-0.1, -0.05) is 30.3 Å². The maximum absolute atomic E-state index is 11.5. The maximum Gasteiger partial charge on any atom is 0.303 e. The molecule has 0 saturated carbocycles. The molecule has 0 aromatic heterocycles. The Morgan fingerprint density at radius 1 is 1.48 bits per heavy atom. The number of carbonyl (C=O) groups is 3. The number of ether oxygens (including phenoxy) is 1. The van der Waals surface area contributed by atoms with E-state index < -0.39 is 30.2 Å². The first kappa shape index (κ1) is 15.1. The van der Waals surface area contributed by atoms with Gasteiger partial charge in [0.25, 0.3) is 5.91 Å². The predicted octanol–water partition coefficient (Wildman–Crippen LogP) is -0.640. The normalized spacial score (nSPS) is 22.4. The molecule has 0 bridgehead atoms. The first-order chi connectivity index (χ1) is 10.0. The highest BCUT2D eigenvalue weighted by Gasteiger charge is 2.49. The van der Waals surface area contributed by atoms with Gasteiger partial charge in [-0.05, 0) is 12.0 Å². The van der Waals surface area contributed by atoms with Gasteiger partial charge in [0.1, 0.15) is 12.5 Å². The number of nitrogens with two attached hydrogens (primary N) is 1. The minimum Gasteiger partial charge on any atom is -0.449 e. The Hall–Kier alpha value is -2.25. The standard InChI is InChI=1S/C14H17N3O4/c1-9(19)21-12-13(17(15)14(12)20)16-11(8-18)7-10-5-3-2-4-6-10/h2-6,8,11-13,16H,7,15H2,1H3/t11-,12+,13+/m0/s1. The molecule has 1 aliphatic rings. The summed E-state index contributed by atoms with van der Waals surface area (Å²) in [5.74, 6) is 4.48. The van der Waals surface area contributed by atoms with Crippen molar-refractivity contribution in [2.45, 2.75) is 31.7 Å². The zero-order chi connectivity index (χ0) is 15.4. The SMILES string of the molecule is CC(=O)O[C@H]1C(=O)N(N)[C@H]1N[C@H](C=O)Cc1ccccc1. The van der Waals surface area contributed by atoms with E-state index >= 15 is 0 Å². The lowest BCUT2D eigenvalue weighted by Crippen LogP contribution is -2.75. The number of hydrogen-bond acceptors (Lipinski definition) is 6. The van der Waals surface area contributed by atoms with E-state index in [9.17, 15) is 14.4 Å². The Morgan fingerprint density at radius 2 is 2.14 bits per heavy atom. The third-order valence-electron chi connectivity index (χ3n) is 3.22.